The van der Waals surface area contributed by atoms with Crippen LogP contribution >= 0.6 is 0 Å². The van der Waals surface area contributed by atoms with Crippen molar-refractivity contribution in [1.82, 2.24) is 0 Å². The van der Waals surface area contributed by atoms with Crippen LogP contribution in [0.2, 0.25) is 0 Å². The van der Waals surface area contributed by atoms with E-state index in [1.165, 1.54) is 6.07 Å². The molecule has 2 rings (SSSR count). The molecule has 0 bridgehead atoms. The van der Waals surface area contributed by atoms with Crippen LogP contribution in [0.1, 0.15) is 5.56 Å². The summed E-state index contributed by atoms with van der Waals surface area (Å²) in [6.07, 6.45) is 0. The highest BCUT2D eigenvalue weighted by atomic mass is 19.1. The van der Waals surface area contributed by atoms with E-state index in [9.17, 15) is 4.39 Å². The fourth-order valence-corrected chi connectivity index (χ4v) is 1.69. The zero-order valence-corrected chi connectivity index (χ0v) is 9.39. The van der Waals surface area contributed by atoms with Crippen molar-refractivity contribution in [2.75, 3.05) is 11.9 Å². The zero-order chi connectivity index (χ0) is 12.3. The number of nitrogens with zero attached hydrogens (tertiary/aromatic N) is 2. The average molecular weight is 226 g/mol. The van der Waals surface area contributed by atoms with Crippen molar-refractivity contribution >= 4 is 11.4 Å². The number of halogens is 1. The summed E-state index contributed by atoms with van der Waals surface area (Å²) in [6.45, 7) is 0. The fraction of sp³-hybridized carbons (Fsp3) is 0.0714. The molecule has 2 nitrogen and oxygen atoms in total. The van der Waals surface area contributed by atoms with Crippen LogP contribution in [-0.2, 0) is 0 Å². The van der Waals surface area contributed by atoms with Crippen molar-refractivity contribution in [3.8, 4) is 6.07 Å². The minimum Gasteiger partial charge on any atom is -0.343 e. The molecule has 0 aromatic heterocycles. The average Bonchev–Trinajstić information content (AvgIpc) is 2.38. The van der Waals surface area contributed by atoms with Crippen LogP contribution in [0.15, 0.2) is 48.5 Å². The maximum absolute atomic E-state index is 13.5. The van der Waals surface area contributed by atoms with E-state index in [0.29, 0.717) is 5.69 Å². The van der Waals surface area contributed by atoms with Gasteiger partial charge in [-0.05, 0) is 24.3 Å². The molecule has 2 aromatic carbocycles. The molecule has 0 N–H and O–H groups in total. The molecule has 84 valence electrons. The third-order valence-electron chi connectivity index (χ3n) is 2.61. The largest absolute Gasteiger partial charge is 0.343 e. The molecule has 0 spiro atoms. The van der Waals surface area contributed by atoms with Crippen molar-refractivity contribution in [1.29, 1.82) is 5.26 Å². The number of anilines is 2. The molecule has 0 amide bonds. The first-order chi connectivity index (χ1) is 8.24. The number of nitriles is 1. The van der Waals surface area contributed by atoms with Gasteiger partial charge in [0.25, 0.3) is 0 Å². The maximum atomic E-state index is 13.5. The highest BCUT2D eigenvalue weighted by Gasteiger charge is 2.12. The summed E-state index contributed by atoms with van der Waals surface area (Å²) in [4.78, 5) is 1.79. The van der Waals surface area contributed by atoms with E-state index in [2.05, 4.69) is 0 Å². The second kappa shape index (κ2) is 4.67. The quantitative estimate of drug-likeness (QED) is 0.784. The fourth-order valence-electron chi connectivity index (χ4n) is 1.69. The van der Waals surface area contributed by atoms with Gasteiger partial charge in [-0.15, -0.1) is 0 Å². The van der Waals surface area contributed by atoms with E-state index >= 15 is 0 Å². The third kappa shape index (κ3) is 2.11. The summed E-state index contributed by atoms with van der Waals surface area (Å²) in [5.74, 6) is -0.493. The first-order valence-corrected chi connectivity index (χ1v) is 5.21. The van der Waals surface area contributed by atoms with Gasteiger partial charge in [-0.1, -0.05) is 24.3 Å². The van der Waals surface area contributed by atoms with Crippen LogP contribution in [0.5, 0.6) is 0 Å². The molecule has 0 aliphatic heterocycles. The predicted molar refractivity (Wildman–Crippen MR) is 65.6 cm³/mol. The lowest BCUT2D eigenvalue weighted by molar-refractivity contribution is 0.624. The lowest BCUT2D eigenvalue weighted by Crippen LogP contribution is -2.11. The van der Waals surface area contributed by atoms with Gasteiger partial charge >= 0.3 is 0 Å². The Hall–Kier alpha value is -2.34. The SMILES string of the molecule is CN(c1ccccc1)c1cccc(F)c1C#N. The second-order valence-electron chi connectivity index (χ2n) is 3.64. The first-order valence-electron chi connectivity index (χ1n) is 5.21. The minimum absolute atomic E-state index is 0.0684. The molecular formula is C14H11FN2. The van der Waals surface area contributed by atoms with Gasteiger partial charge in [0.15, 0.2) is 0 Å². The van der Waals surface area contributed by atoms with Gasteiger partial charge in [0.1, 0.15) is 17.4 Å². The monoisotopic (exact) mass is 226 g/mol. The van der Waals surface area contributed by atoms with Crippen LogP contribution in [0.3, 0.4) is 0 Å². The van der Waals surface area contributed by atoms with Gasteiger partial charge in [-0.3, -0.25) is 0 Å². The lowest BCUT2D eigenvalue weighted by atomic mass is 10.1. The van der Waals surface area contributed by atoms with E-state index < -0.39 is 5.82 Å². The van der Waals surface area contributed by atoms with Gasteiger partial charge in [-0.2, -0.15) is 5.26 Å². The maximum Gasteiger partial charge on any atom is 0.143 e. The van der Waals surface area contributed by atoms with E-state index in [0.717, 1.165) is 5.69 Å². The predicted octanol–water partition coefficient (Wildman–Crippen LogP) is 3.47. The summed E-state index contributed by atoms with van der Waals surface area (Å²) in [5, 5.41) is 8.98. The van der Waals surface area contributed by atoms with Crippen molar-refractivity contribution < 1.29 is 4.39 Å². The Morgan fingerprint density at radius 2 is 1.76 bits per heavy atom. The van der Waals surface area contributed by atoms with E-state index in [-0.39, 0.29) is 5.56 Å². The molecule has 0 aliphatic carbocycles. The Labute approximate surface area is 99.5 Å². The normalized spacial score (nSPS) is 9.71. The lowest BCUT2D eigenvalue weighted by Gasteiger charge is -2.20. The van der Waals surface area contributed by atoms with Crippen LogP contribution in [0.25, 0.3) is 0 Å². The Morgan fingerprint density at radius 3 is 2.41 bits per heavy atom. The molecule has 0 fully saturated rings. The number of rotatable bonds is 2. The third-order valence-corrected chi connectivity index (χ3v) is 2.61. The smallest absolute Gasteiger partial charge is 0.143 e. The van der Waals surface area contributed by atoms with Crippen molar-refractivity contribution in [3.05, 3.63) is 59.9 Å². The zero-order valence-electron chi connectivity index (χ0n) is 9.39. The van der Waals surface area contributed by atoms with Crippen molar-refractivity contribution in [2.24, 2.45) is 0 Å². The van der Waals surface area contributed by atoms with E-state index in [1.807, 2.05) is 43.4 Å². The van der Waals surface area contributed by atoms with Crippen molar-refractivity contribution in [3.63, 3.8) is 0 Å². The number of para-hydroxylation sites is 1. The highest BCUT2D eigenvalue weighted by molar-refractivity contribution is 5.68. The molecule has 2 aromatic rings. The molecular weight excluding hydrogens is 215 g/mol. The number of hydrogen-bond donors (Lipinski definition) is 0. The molecule has 0 atom stereocenters. The number of benzene rings is 2. The molecule has 0 saturated carbocycles. The van der Waals surface area contributed by atoms with Gasteiger partial charge in [0, 0.05) is 12.7 Å². The molecule has 17 heavy (non-hydrogen) atoms. The van der Waals surface area contributed by atoms with E-state index in [1.54, 1.807) is 17.0 Å². The summed E-state index contributed by atoms with van der Waals surface area (Å²) in [7, 11) is 1.81. The second-order valence-corrected chi connectivity index (χ2v) is 3.64. The van der Waals surface area contributed by atoms with Gasteiger partial charge in [-0.25, -0.2) is 4.39 Å². The molecule has 3 heteroatoms. The Kier molecular flexibility index (Phi) is 3.06. The van der Waals surface area contributed by atoms with Crippen LogP contribution in [-0.4, -0.2) is 7.05 Å². The molecule has 0 radical (unpaired) electrons. The minimum atomic E-state index is -0.493. The topological polar surface area (TPSA) is 27.0 Å². The molecule has 0 unspecified atom stereocenters. The molecule has 0 aliphatic rings. The number of hydrogen-bond acceptors (Lipinski definition) is 2. The Balaban J connectivity index is 2.49. The summed E-state index contributed by atoms with van der Waals surface area (Å²) in [5.41, 5.74) is 1.55. The van der Waals surface area contributed by atoms with Gasteiger partial charge in [0.2, 0.25) is 0 Å². The first kappa shape index (κ1) is 11.2. The summed E-state index contributed by atoms with van der Waals surface area (Å²) < 4.78 is 13.5. The summed E-state index contributed by atoms with van der Waals surface area (Å²) >= 11 is 0. The van der Waals surface area contributed by atoms with Crippen LogP contribution < -0.4 is 4.90 Å². The van der Waals surface area contributed by atoms with Crippen LogP contribution in [0, 0.1) is 17.1 Å². The Bertz CT molecular complexity index is 558. The molecule has 0 heterocycles. The van der Waals surface area contributed by atoms with E-state index in [4.69, 9.17) is 5.26 Å². The standard InChI is InChI=1S/C14H11FN2/c1-17(11-6-3-2-4-7-11)14-9-5-8-13(15)12(14)10-16/h2-9H,1H3. The summed E-state index contributed by atoms with van der Waals surface area (Å²) in [6, 6.07) is 16.1. The Morgan fingerprint density at radius 1 is 1.06 bits per heavy atom. The highest BCUT2D eigenvalue weighted by Crippen LogP contribution is 2.27. The molecule has 0 saturated heterocycles. The van der Waals surface area contributed by atoms with Crippen molar-refractivity contribution in [2.45, 2.75) is 0 Å². The van der Waals surface area contributed by atoms with Gasteiger partial charge < -0.3 is 4.90 Å². The van der Waals surface area contributed by atoms with Crippen LogP contribution in [0.4, 0.5) is 15.8 Å². The van der Waals surface area contributed by atoms with Gasteiger partial charge in [0.05, 0.1) is 5.69 Å².